The molecule has 2 aromatic rings. The first-order valence-corrected chi connectivity index (χ1v) is 8.91. The molecule has 0 N–H and O–H groups in total. The lowest BCUT2D eigenvalue weighted by molar-refractivity contribution is 0.0860. The summed E-state index contributed by atoms with van der Waals surface area (Å²) in [5, 5.41) is 0.999. The average Bonchev–Trinajstić information content (AvgIpc) is 3.02. The second kappa shape index (κ2) is 7.36. The summed E-state index contributed by atoms with van der Waals surface area (Å²) < 4.78 is 13.9. The van der Waals surface area contributed by atoms with Crippen LogP contribution in [0.2, 0.25) is 5.02 Å². The molecule has 3 rings (SSSR count). The Labute approximate surface area is 149 Å². The van der Waals surface area contributed by atoms with Crippen LogP contribution in [0.5, 0.6) is 0 Å². The molecule has 2 aromatic carbocycles. The number of amides is 1. The van der Waals surface area contributed by atoms with Gasteiger partial charge in [0.15, 0.2) is 5.17 Å². The van der Waals surface area contributed by atoms with E-state index in [0.29, 0.717) is 40.2 Å². The Kier molecular flexibility index (Phi) is 5.21. The van der Waals surface area contributed by atoms with Crippen LogP contribution in [-0.2, 0) is 5.75 Å². The SMILES string of the molecule is Cc1cccc(C(=O)N2CCN=C2SCc2c(F)cccc2Cl)c1. The number of hydrogen-bond donors (Lipinski definition) is 0. The topological polar surface area (TPSA) is 32.7 Å². The highest BCUT2D eigenvalue weighted by Crippen LogP contribution is 2.27. The number of carbonyl (C=O) groups is 1. The number of thioether (sulfide) groups is 1. The Bertz CT molecular complexity index is 789. The molecule has 0 radical (unpaired) electrons. The number of hydrogen-bond acceptors (Lipinski definition) is 3. The van der Waals surface area contributed by atoms with Crippen molar-refractivity contribution < 1.29 is 9.18 Å². The highest BCUT2D eigenvalue weighted by atomic mass is 35.5. The maximum atomic E-state index is 13.9. The molecule has 1 aliphatic rings. The van der Waals surface area contributed by atoms with E-state index in [4.69, 9.17) is 11.6 Å². The van der Waals surface area contributed by atoms with Gasteiger partial charge in [-0.25, -0.2) is 4.39 Å². The second-order valence-electron chi connectivity index (χ2n) is 5.48. The molecule has 6 heteroatoms. The van der Waals surface area contributed by atoms with E-state index >= 15 is 0 Å². The van der Waals surface area contributed by atoms with Crippen LogP contribution < -0.4 is 0 Å². The third-order valence-electron chi connectivity index (χ3n) is 3.72. The first-order chi connectivity index (χ1) is 11.6. The Morgan fingerprint density at radius 2 is 2.12 bits per heavy atom. The number of aliphatic imine (C=N–C) groups is 1. The average molecular weight is 363 g/mol. The van der Waals surface area contributed by atoms with Crippen LogP contribution >= 0.6 is 23.4 Å². The van der Waals surface area contributed by atoms with Crippen molar-refractivity contribution in [3.63, 3.8) is 0 Å². The molecule has 1 aliphatic heterocycles. The van der Waals surface area contributed by atoms with Crippen LogP contribution in [0.25, 0.3) is 0 Å². The number of halogens is 2. The Balaban J connectivity index is 1.73. The molecule has 0 saturated carbocycles. The summed E-state index contributed by atoms with van der Waals surface area (Å²) in [4.78, 5) is 18.7. The highest BCUT2D eigenvalue weighted by Gasteiger charge is 2.25. The molecule has 0 aromatic heterocycles. The van der Waals surface area contributed by atoms with E-state index in [9.17, 15) is 9.18 Å². The second-order valence-corrected chi connectivity index (χ2v) is 6.83. The molecule has 124 valence electrons. The van der Waals surface area contributed by atoms with Crippen molar-refractivity contribution in [3.05, 3.63) is 70.0 Å². The number of rotatable bonds is 3. The van der Waals surface area contributed by atoms with Crippen LogP contribution in [0.3, 0.4) is 0 Å². The van der Waals surface area contributed by atoms with E-state index in [0.717, 1.165) is 5.56 Å². The smallest absolute Gasteiger partial charge is 0.259 e. The zero-order valence-electron chi connectivity index (χ0n) is 13.1. The lowest BCUT2D eigenvalue weighted by atomic mass is 10.1. The summed E-state index contributed by atoms with van der Waals surface area (Å²) in [6.07, 6.45) is 0. The van der Waals surface area contributed by atoms with Crippen molar-refractivity contribution in [1.82, 2.24) is 4.90 Å². The molecular formula is C18H16ClFN2OS. The van der Waals surface area contributed by atoms with E-state index in [1.807, 2.05) is 25.1 Å². The van der Waals surface area contributed by atoms with Crippen LogP contribution in [0.1, 0.15) is 21.5 Å². The third kappa shape index (κ3) is 3.62. The Morgan fingerprint density at radius 3 is 2.88 bits per heavy atom. The number of benzene rings is 2. The summed E-state index contributed by atoms with van der Waals surface area (Å²) in [6.45, 7) is 3.05. The molecule has 0 spiro atoms. The van der Waals surface area contributed by atoms with Gasteiger partial charge in [-0.05, 0) is 31.2 Å². The maximum Gasteiger partial charge on any atom is 0.259 e. The summed E-state index contributed by atoms with van der Waals surface area (Å²) in [5.41, 5.74) is 2.10. The van der Waals surface area contributed by atoms with Gasteiger partial charge in [0.1, 0.15) is 5.82 Å². The lowest BCUT2D eigenvalue weighted by Crippen LogP contribution is -2.32. The Hall–Kier alpha value is -1.85. The fourth-order valence-electron chi connectivity index (χ4n) is 2.48. The molecule has 0 atom stereocenters. The van der Waals surface area contributed by atoms with Crippen molar-refractivity contribution in [1.29, 1.82) is 0 Å². The molecule has 1 heterocycles. The van der Waals surface area contributed by atoms with E-state index in [1.165, 1.54) is 17.8 Å². The number of amidine groups is 1. The summed E-state index contributed by atoms with van der Waals surface area (Å²) >= 11 is 7.38. The van der Waals surface area contributed by atoms with Gasteiger partial charge in [0.25, 0.3) is 5.91 Å². The van der Waals surface area contributed by atoms with Gasteiger partial charge in [-0.3, -0.25) is 14.7 Å². The van der Waals surface area contributed by atoms with Gasteiger partial charge in [0.2, 0.25) is 0 Å². The summed E-state index contributed by atoms with van der Waals surface area (Å²) in [5.74, 6) is -0.0886. The van der Waals surface area contributed by atoms with E-state index in [-0.39, 0.29) is 11.7 Å². The molecule has 0 fully saturated rings. The van der Waals surface area contributed by atoms with Crippen molar-refractivity contribution >= 4 is 34.4 Å². The van der Waals surface area contributed by atoms with Crippen molar-refractivity contribution in [2.75, 3.05) is 13.1 Å². The van der Waals surface area contributed by atoms with Gasteiger partial charge in [-0.2, -0.15) is 0 Å². The maximum absolute atomic E-state index is 13.9. The number of nitrogens with zero attached hydrogens (tertiary/aromatic N) is 2. The van der Waals surface area contributed by atoms with Gasteiger partial charge < -0.3 is 0 Å². The van der Waals surface area contributed by atoms with Gasteiger partial charge in [0, 0.05) is 28.4 Å². The summed E-state index contributed by atoms with van der Waals surface area (Å²) in [6, 6.07) is 12.1. The minimum atomic E-state index is -0.342. The van der Waals surface area contributed by atoms with Crippen LogP contribution in [-0.4, -0.2) is 29.1 Å². The molecule has 24 heavy (non-hydrogen) atoms. The monoisotopic (exact) mass is 362 g/mol. The number of aryl methyl sites for hydroxylation is 1. The summed E-state index contributed by atoms with van der Waals surface area (Å²) in [7, 11) is 0. The predicted octanol–water partition coefficient (Wildman–Crippen LogP) is 4.53. The minimum absolute atomic E-state index is 0.0814. The van der Waals surface area contributed by atoms with E-state index < -0.39 is 0 Å². The fraction of sp³-hybridized carbons (Fsp3) is 0.222. The largest absolute Gasteiger partial charge is 0.286 e. The third-order valence-corrected chi connectivity index (χ3v) is 5.11. The Morgan fingerprint density at radius 1 is 1.33 bits per heavy atom. The van der Waals surface area contributed by atoms with E-state index in [2.05, 4.69) is 4.99 Å². The zero-order valence-corrected chi connectivity index (χ0v) is 14.7. The first-order valence-electron chi connectivity index (χ1n) is 7.55. The predicted molar refractivity (Wildman–Crippen MR) is 97.2 cm³/mol. The van der Waals surface area contributed by atoms with Gasteiger partial charge in [-0.1, -0.05) is 47.1 Å². The van der Waals surface area contributed by atoms with Gasteiger partial charge in [-0.15, -0.1) is 0 Å². The van der Waals surface area contributed by atoms with Crippen molar-refractivity contribution in [3.8, 4) is 0 Å². The normalized spacial score (nSPS) is 14.0. The lowest BCUT2D eigenvalue weighted by Gasteiger charge is -2.18. The minimum Gasteiger partial charge on any atom is -0.286 e. The molecule has 0 bridgehead atoms. The molecule has 0 saturated heterocycles. The standard InChI is InChI=1S/C18H16ClFN2OS/c1-12-4-2-5-13(10-12)17(23)22-9-8-21-18(22)24-11-14-15(19)6-3-7-16(14)20/h2-7,10H,8-9,11H2,1H3. The molecule has 0 unspecified atom stereocenters. The quantitative estimate of drug-likeness (QED) is 0.803. The zero-order chi connectivity index (χ0) is 17.1. The van der Waals surface area contributed by atoms with Crippen LogP contribution in [0.15, 0.2) is 47.5 Å². The molecule has 0 aliphatic carbocycles. The molecule has 3 nitrogen and oxygen atoms in total. The molecular weight excluding hydrogens is 347 g/mol. The molecule has 1 amide bonds. The van der Waals surface area contributed by atoms with Crippen LogP contribution in [0.4, 0.5) is 4.39 Å². The van der Waals surface area contributed by atoms with Crippen molar-refractivity contribution in [2.45, 2.75) is 12.7 Å². The van der Waals surface area contributed by atoms with Crippen molar-refractivity contribution in [2.24, 2.45) is 4.99 Å². The van der Waals surface area contributed by atoms with Gasteiger partial charge in [0.05, 0.1) is 6.54 Å². The van der Waals surface area contributed by atoms with Gasteiger partial charge >= 0.3 is 0 Å². The van der Waals surface area contributed by atoms with E-state index in [1.54, 1.807) is 23.1 Å². The highest BCUT2D eigenvalue weighted by molar-refractivity contribution is 8.13. The number of carbonyl (C=O) groups excluding carboxylic acids is 1. The van der Waals surface area contributed by atoms with Crippen LogP contribution in [0, 0.1) is 12.7 Å². The first kappa shape index (κ1) is 17.0. The fourth-order valence-corrected chi connectivity index (χ4v) is 3.87.